The number of aryl methyl sites for hydroxylation is 2. The minimum atomic E-state index is -0.119. The van der Waals surface area contributed by atoms with Crippen LogP contribution in [0, 0.1) is 6.92 Å². The van der Waals surface area contributed by atoms with E-state index in [2.05, 4.69) is 10.1 Å². The lowest BCUT2D eigenvalue weighted by Gasteiger charge is -2.08. The monoisotopic (exact) mass is 260 g/mol. The first kappa shape index (κ1) is 11.3. The SMILES string of the molecule is CSc1cc2c(cn1)c(=O)n1nc(C)cc1n2C. The number of rotatable bonds is 1. The fourth-order valence-corrected chi connectivity index (χ4v) is 2.48. The maximum Gasteiger partial charge on any atom is 0.283 e. The molecule has 3 rings (SSSR count). The summed E-state index contributed by atoms with van der Waals surface area (Å²) in [6.45, 7) is 1.88. The Kier molecular flexibility index (Phi) is 2.41. The highest BCUT2D eigenvalue weighted by molar-refractivity contribution is 7.98. The normalized spacial score (nSPS) is 11.5. The van der Waals surface area contributed by atoms with Gasteiger partial charge in [0.15, 0.2) is 0 Å². The molecule has 0 aliphatic rings. The summed E-state index contributed by atoms with van der Waals surface area (Å²) < 4.78 is 3.40. The summed E-state index contributed by atoms with van der Waals surface area (Å²) >= 11 is 1.56. The summed E-state index contributed by atoms with van der Waals surface area (Å²) in [5.74, 6) is 0. The molecule has 92 valence electrons. The molecular formula is C12H12N4OS. The van der Waals surface area contributed by atoms with Crippen LogP contribution in [0.2, 0.25) is 0 Å². The van der Waals surface area contributed by atoms with Gasteiger partial charge >= 0.3 is 0 Å². The number of aromatic nitrogens is 4. The first-order valence-corrected chi connectivity index (χ1v) is 6.73. The van der Waals surface area contributed by atoms with Crippen LogP contribution in [0.1, 0.15) is 5.69 Å². The van der Waals surface area contributed by atoms with E-state index in [0.29, 0.717) is 5.39 Å². The summed E-state index contributed by atoms with van der Waals surface area (Å²) in [6.07, 6.45) is 3.59. The Balaban J connectivity index is 2.57. The van der Waals surface area contributed by atoms with E-state index in [0.717, 1.165) is 21.9 Å². The van der Waals surface area contributed by atoms with Crippen molar-refractivity contribution in [3.63, 3.8) is 0 Å². The van der Waals surface area contributed by atoms with Gasteiger partial charge in [0.1, 0.15) is 5.65 Å². The molecule has 3 heterocycles. The molecule has 0 N–H and O–H groups in total. The smallest absolute Gasteiger partial charge is 0.283 e. The van der Waals surface area contributed by atoms with E-state index in [1.165, 1.54) is 4.52 Å². The van der Waals surface area contributed by atoms with Crippen LogP contribution in [-0.4, -0.2) is 25.4 Å². The van der Waals surface area contributed by atoms with E-state index in [9.17, 15) is 4.79 Å². The molecule has 3 aromatic rings. The van der Waals surface area contributed by atoms with Gasteiger partial charge in [0.25, 0.3) is 5.56 Å². The number of pyridine rings is 1. The molecule has 0 unspecified atom stereocenters. The number of nitrogens with zero attached hydrogens (tertiary/aromatic N) is 4. The van der Waals surface area contributed by atoms with E-state index in [1.54, 1.807) is 18.0 Å². The third-order valence-electron chi connectivity index (χ3n) is 3.01. The molecule has 0 bridgehead atoms. The molecule has 0 saturated carbocycles. The van der Waals surface area contributed by atoms with E-state index >= 15 is 0 Å². The predicted octanol–water partition coefficient (Wildman–Crippen LogP) is 1.61. The first-order chi connectivity index (χ1) is 8.61. The van der Waals surface area contributed by atoms with Crippen molar-refractivity contribution < 1.29 is 0 Å². The van der Waals surface area contributed by atoms with Crippen LogP contribution in [0.5, 0.6) is 0 Å². The highest BCUT2D eigenvalue weighted by atomic mass is 32.2. The molecular weight excluding hydrogens is 248 g/mol. The Bertz CT molecular complexity index is 818. The van der Waals surface area contributed by atoms with Gasteiger partial charge in [0, 0.05) is 19.3 Å². The quantitative estimate of drug-likeness (QED) is 0.624. The average Bonchev–Trinajstić information content (AvgIpc) is 2.77. The average molecular weight is 260 g/mol. The van der Waals surface area contributed by atoms with Gasteiger partial charge in [0.05, 0.1) is 21.6 Å². The Labute approximate surface area is 107 Å². The fraction of sp³-hybridized carbons (Fsp3) is 0.250. The van der Waals surface area contributed by atoms with Gasteiger partial charge in [-0.25, -0.2) is 4.98 Å². The lowest BCUT2D eigenvalue weighted by molar-refractivity contribution is 0.843. The van der Waals surface area contributed by atoms with Crippen molar-refractivity contribution in [3.8, 4) is 0 Å². The van der Waals surface area contributed by atoms with Crippen LogP contribution in [0.4, 0.5) is 0 Å². The number of hydrogen-bond acceptors (Lipinski definition) is 4. The van der Waals surface area contributed by atoms with Crippen molar-refractivity contribution in [2.75, 3.05) is 6.26 Å². The number of fused-ring (bicyclic) bond motifs is 2. The molecule has 6 heteroatoms. The lowest BCUT2D eigenvalue weighted by Crippen LogP contribution is -2.18. The van der Waals surface area contributed by atoms with Crippen molar-refractivity contribution in [3.05, 3.63) is 34.4 Å². The summed E-state index contributed by atoms with van der Waals surface area (Å²) in [5.41, 5.74) is 2.39. The summed E-state index contributed by atoms with van der Waals surface area (Å²) in [6, 6.07) is 3.84. The zero-order valence-electron chi connectivity index (χ0n) is 10.3. The highest BCUT2D eigenvalue weighted by Crippen LogP contribution is 2.18. The minimum absolute atomic E-state index is 0.119. The van der Waals surface area contributed by atoms with Gasteiger partial charge in [-0.15, -0.1) is 11.8 Å². The van der Waals surface area contributed by atoms with E-state index in [-0.39, 0.29) is 5.56 Å². The Morgan fingerprint density at radius 3 is 2.83 bits per heavy atom. The fourth-order valence-electron chi connectivity index (χ4n) is 2.09. The topological polar surface area (TPSA) is 52.2 Å². The molecule has 0 amide bonds. The van der Waals surface area contributed by atoms with Crippen LogP contribution >= 0.6 is 11.8 Å². The van der Waals surface area contributed by atoms with Crippen LogP contribution in [0.25, 0.3) is 16.6 Å². The third kappa shape index (κ3) is 1.45. The molecule has 0 radical (unpaired) electrons. The van der Waals surface area contributed by atoms with Gasteiger partial charge in [-0.1, -0.05) is 0 Å². The molecule has 5 nitrogen and oxygen atoms in total. The highest BCUT2D eigenvalue weighted by Gasteiger charge is 2.11. The third-order valence-corrected chi connectivity index (χ3v) is 3.65. The van der Waals surface area contributed by atoms with Crippen molar-refractivity contribution in [1.82, 2.24) is 19.2 Å². The Hall–Kier alpha value is -1.82. The summed E-state index contributed by atoms with van der Waals surface area (Å²) in [4.78, 5) is 16.5. The maximum absolute atomic E-state index is 12.3. The molecule has 0 atom stereocenters. The van der Waals surface area contributed by atoms with Crippen LogP contribution < -0.4 is 5.56 Å². The molecule has 0 saturated heterocycles. The molecule has 3 aromatic heterocycles. The van der Waals surface area contributed by atoms with E-state index in [1.807, 2.05) is 36.9 Å². The van der Waals surface area contributed by atoms with E-state index < -0.39 is 0 Å². The van der Waals surface area contributed by atoms with Crippen LogP contribution in [0.15, 0.2) is 28.2 Å². The Morgan fingerprint density at radius 2 is 2.11 bits per heavy atom. The van der Waals surface area contributed by atoms with Gasteiger partial charge in [-0.2, -0.15) is 9.61 Å². The molecule has 0 aliphatic heterocycles. The van der Waals surface area contributed by atoms with Crippen molar-refractivity contribution in [2.45, 2.75) is 11.9 Å². The second kappa shape index (κ2) is 3.84. The zero-order chi connectivity index (χ0) is 12.9. The van der Waals surface area contributed by atoms with Crippen molar-refractivity contribution in [2.24, 2.45) is 7.05 Å². The van der Waals surface area contributed by atoms with E-state index in [4.69, 9.17) is 0 Å². The molecule has 0 aliphatic carbocycles. The molecule has 0 aromatic carbocycles. The van der Waals surface area contributed by atoms with Crippen LogP contribution in [0.3, 0.4) is 0 Å². The van der Waals surface area contributed by atoms with Crippen molar-refractivity contribution in [1.29, 1.82) is 0 Å². The lowest BCUT2D eigenvalue weighted by atomic mass is 10.3. The Morgan fingerprint density at radius 1 is 1.33 bits per heavy atom. The second-order valence-corrected chi connectivity index (χ2v) is 4.99. The first-order valence-electron chi connectivity index (χ1n) is 5.51. The largest absolute Gasteiger partial charge is 0.328 e. The summed E-state index contributed by atoms with van der Waals surface area (Å²) in [5, 5.41) is 5.71. The molecule has 18 heavy (non-hydrogen) atoms. The van der Waals surface area contributed by atoms with Gasteiger partial charge in [0.2, 0.25) is 0 Å². The summed E-state index contributed by atoms with van der Waals surface area (Å²) in [7, 11) is 1.93. The molecule has 0 fully saturated rings. The van der Waals surface area contributed by atoms with Gasteiger partial charge in [-0.05, 0) is 19.2 Å². The molecule has 0 spiro atoms. The van der Waals surface area contributed by atoms with Gasteiger partial charge < -0.3 is 4.57 Å². The zero-order valence-corrected chi connectivity index (χ0v) is 11.2. The van der Waals surface area contributed by atoms with Crippen molar-refractivity contribution >= 4 is 28.3 Å². The number of hydrogen-bond donors (Lipinski definition) is 0. The number of thioether (sulfide) groups is 1. The predicted molar refractivity (Wildman–Crippen MR) is 72.3 cm³/mol. The van der Waals surface area contributed by atoms with Crippen LogP contribution in [-0.2, 0) is 7.05 Å². The van der Waals surface area contributed by atoms with Gasteiger partial charge in [-0.3, -0.25) is 4.79 Å². The second-order valence-electron chi connectivity index (χ2n) is 4.16. The maximum atomic E-state index is 12.3. The minimum Gasteiger partial charge on any atom is -0.328 e. The standard InChI is InChI=1S/C12H12N4OS/c1-7-4-11-15(2)9-5-10(18-3)13-6-8(9)12(17)16(11)14-7/h4-6H,1-3H3.